The van der Waals surface area contributed by atoms with Crippen LogP contribution in [0.4, 0.5) is 13.2 Å². The van der Waals surface area contributed by atoms with Gasteiger partial charge < -0.3 is 5.73 Å². The fourth-order valence-corrected chi connectivity index (χ4v) is 3.11. The molecule has 2 unspecified atom stereocenters. The maximum Gasteiger partial charge on any atom is 0.194 e. The molecular formula is C15H20F3N. The zero-order valence-electron chi connectivity index (χ0n) is 11.3. The van der Waals surface area contributed by atoms with Crippen molar-refractivity contribution in [1.29, 1.82) is 0 Å². The van der Waals surface area contributed by atoms with E-state index in [2.05, 4.69) is 13.8 Å². The van der Waals surface area contributed by atoms with Crippen molar-refractivity contribution >= 4 is 0 Å². The number of hydrogen-bond donors (Lipinski definition) is 1. The molecule has 4 heteroatoms. The smallest absolute Gasteiger partial charge is 0.194 e. The zero-order chi connectivity index (χ0) is 14.2. The minimum absolute atomic E-state index is 0.0770. The molecule has 0 aliphatic heterocycles. The van der Waals surface area contributed by atoms with Gasteiger partial charge >= 0.3 is 0 Å². The Kier molecular flexibility index (Phi) is 3.90. The molecule has 0 saturated heterocycles. The fourth-order valence-electron chi connectivity index (χ4n) is 3.11. The molecule has 1 aromatic carbocycles. The Labute approximate surface area is 112 Å². The highest BCUT2D eigenvalue weighted by molar-refractivity contribution is 5.26. The zero-order valence-corrected chi connectivity index (χ0v) is 11.3. The van der Waals surface area contributed by atoms with Gasteiger partial charge in [-0.25, -0.2) is 13.2 Å². The number of nitrogens with two attached hydrogens (primary N) is 1. The van der Waals surface area contributed by atoms with Crippen LogP contribution >= 0.6 is 0 Å². The van der Waals surface area contributed by atoms with Gasteiger partial charge in [0.05, 0.1) is 0 Å². The Bertz CT molecular complexity index is 471. The predicted octanol–water partition coefficient (Wildman–Crippen LogP) is 3.97. The standard InChI is InChI=1S/C15H20F3N/c1-15(2)6-5-9(8-19)11(7-15)10-3-4-12(16)14(18)13(10)17/h3-4,9,11H,5-8,19H2,1-2H3. The van der Waals surface area contributed by atoms with E-state index in [1.54, 1.807) is 0 Å². The summed E-state index contributed by atoms with van der Waals surface area (Å²) in [5.41, 5.74) is 6.09. The first-order valence-electron chi connectivity index (χ1n) is 6.69. The number of benzene rings is 1. The van der Waals surface area contributed by atoms with Gasteiger partial charge in [0.15, 0.2) is 17.5 Å². The van der Waals surface area contributed by atoms with Gasteiger partial charge in [-0.1, -0.05) is 19.9 Å². The largest absolute Gasteiger partial charge is 0.330 e. The summed E-state index contributed by atoms with van der Waals surface area (Å²) in [4.78, 5) is 0. The van der Waals surface area contributed by atoms with Crippen molar-refractivity contribution in [3.8, 4) is 0 Å². The molecule has 0 spiro atoms. The molecule has 1 aliphatic rings. The second-order valence-electron chi connectivity index (χ2n) is 6.27. The van der Waals surface area contributed by atoms with Crippen molar-refractivity contribution in [3.05, 3.63) is 35.1 Å². The van der Waals surface area contributed by atoms with Crippen LogP contribution < -0.4 is 5.73 Å². The normalized spacial score (nSPS) is 26.4. The molecule has 0 amide bonds. The molecule has 19 heavy (non-hydrogen) atoms. The van der Waals surface area contributed by atoms with Crippen molar-refractivity contribution in [3.63, 3.8) is 0 Å². The molecule has 1 nitrogen and oxygen atoms in total. The third-order valence-corrected chi connectivity index (χ3v) is 4.30. The second-order valence-corrected chi connectivity index (χ2v) is 6.27. The van der Waals surface area contributed by atoms with E-state index in [0.29, 0.717) is 6.54 Å². The lowest BCUT2D eigenvalue weighted by molar-refractivity contribution is 0.162. The van der Waals surface area contributed by atoms with Crippen molar-refractivity contribution in [2.24, 2.45) is 17.1 Å². The minimum Gasteiger partial charge on any atom is -0.330 e. The van der Waals surface area contributed by atoms with Gasteiger partial charge in [-0.2, -0.15) is 0 Å². The molecule has 0 aromatic heterocycles. The quantitative estimate of drug-likeness (QED) is 0.809. The number of rotatable bonds is 2. The van der Waals surface area contributed by atoms with Gasteiger partial charge in [0, 0.05) is 0 Å². The van der Waals surface area contributed by atoms with Crippen LogP contribution in [0.5, 0.6) is 0 Å². The average Bonchev–Trinajstić information content (AvgIpc) is 2.35. The summed E-state index contributed by atoms with van der Waals surface area (Å²) in [5.74, 6) is -3.57. The van der Waals surface area contributed by atoms with Crippen LogP contribution in [-0.4, -0.2) is 6.54 Å². The summed E-state index contributed by atoms with van der Waals surface area (Å²) in [6.45, 7) is 4.67. The molecular weight excluding hydrogens is 251 g/mol. The maximum absolute atomic E-state index is 14.0. The van der Waals surface area contributed by atoms with E-state index >= 15 is 0 Å². The third-order valence-electron chi connectivity index (χ3n) is 4.30. The summed E-state index contributed by atoms with van der Waals surface area (Å²) < 4.78 is 40.4. The van der Waals surface area contributed by atoms with Gasteiger partial charge in [0.1, 0.15) is 0 Å². The lowest BCUT2D eigenvalue weighted by Crippen LogP contribution is -2.33. The molecule has 1 fully saturated rings. The topological polar surface area (TPSA) is 26.0 Å². The fraction of sp³-hybridized carbons (Fsp3) is 0.600. The van der Waals surface area contributed by atoms with Crippen molar-refractivity contribution in [2.75, 3.05) is 6.54 Å². The predicted molar refractivity (Wildman–Crippen MR) is 69.2 cm³/mol. The maximum atomic E-state index is 14.0. The number of hydrogen-bond acceptors (Lipinski definition) is 1. The molecule has 2 atom stereocenters. The molecule has 1 aliphatic carbocycles. The van der Waals surface area contributed by atoms with Gasteiger partial charge in [0.2, 0.25) is 0 Å². The Hall–Kier alpha value is -1.03. The van der Waals surface area contributed by atoms with Gasteiger partial charge in [-0.05, 0) is 54.7 Å². The van der Waals surface area contributed by atoms with Crippen LogP contribution in [0.25, 0.3) is 0 Å². The highest BCUT2D eigenvalue weighted by Crippen LogP contribution is 2.47. The highest BCUT2D eigenvalue weighted by Gasteiger charge is 2.36. The SMILES string of the molecule is CC1(C)CCC(CN)C(c2ccc(F)c(F)c2F)C1. The molecule has 1 saturated carbocycles. The van der Waals surface area contributed by atoms with Crippen LogP contribution in [0.3, 0.4) is 0 Å². The van der Waals surface area contributed by atoms with Crippen molar-refractivity contribution < 1.29 is 13.2 Å². The second kappa shape index (κ2) is 5.16. The summed E-state index contributed by atoms with van der Waals surface area (Å²) in [6.07, 6.45) is 2.67. The average molecular weight is 271 g/mol. The molecule has 0 heterocycles. The first-order chi connectivity index (χ1) is 8.85. The lowest BCUT2D eigenvalue weighted by Gasteiger charge is -2.40. The van der Waals surface area contributed by atoms with Crippen molar-refractivity contribution in [2.45, 2.75) is 39.0 Å². The Morgan fingerprint density at radius 3 is 2.53 bits per heavy atom. The first-order valence-corrected chi connectivity index (χ1v) is 6.69. The summed E-state index contributed by atoms with van der Waals surface area (Å²) in [5, 5.41) is 0. The Morgan fingerprint density at radius 2 is 1.89 bits per heavy atom. The Balaban J connectivity index is 2.40. The van der Waals surface area contributed by atoms with Crippen LogP contribution in [0.2, 0.25) is 0 Å². The van der Waals surface area contributed by atoms with E-state index < -0.39 is 17.5 Å². The summed E-state index contributed by atoms with van der Waals surface area (Å²) >= 11 is 0. The van der Waals surface area contributed by atoms with E-state index in [1.165, 1.54) is 6.07 Å². The van der Waals surface area contributed by atoms with E-state index in [9.17, 15) is 13.2 Å². The van der Waals surface area contributed by atoms with Gasteiger partial charge in [0.25, 0.3) is 0 Å². The van der Waals surface area contributed by atoms with Crippen LogP contribution in [-0.2, 0) is 0 Å². The van der Waals surface area contributed by atoms with E-state index in [0.717, 1.165) is 25.3 Å². The van der Waals surface area contributed by atoms with E-state index in [-0.39, 0.29) is 22.8 Å². The van der Waals surface area contributed by atoms with Crippen molar-refractivity contribution in [1.82, 2.24) is 0 Å². The number of halogens is 3. The summed E-state index contributed by atoms with van der Waals surface area (Å²) in [7, 11) is 0. The molecule has 0 radical (unpaired) electrons. The first kappa shape index (κ1) is 14.4. The van der Waals surface area contributed by atoms with Gasteiger partial charge in [-0.15, -0.1) is 0 Å². The monoisotopic (exact) mass is 271 g/mol. The third kappa shape index (κ3) is 2.78. The molecule has 1 aromatic rings. The highest BCUT2D eigenvalue weighted by atomic mass is 19.2. The molecule has 0 bridgehead atoms. The Morgan fingerprint density at radius 1 is 1.21 bits per heavy atom. The van der Waals surface area contributed by atoms with Crippen LogP contribution in [0.1, 0.15) is 44.6 Å². The van der Waals surface area contributed by atoms with Crippen LogP contribution in [0, 0.1) is 28.8 Å². The van der Waals surface area contributed by atoms with Gasteiger partial charge in [-0.3, -0.25) is 0 Å². The molecule has 106 valence electrons. The molecule has 2 rings (SSSR count). The summed E-state index contributed by atoms with van der Waals surface area (Å²) in [6, 6.07) is 2.37. The van der Waals surface area contributed by atoms with E-state index in [1.807, 2.05) is 0 Å². The molecule has 2 N–H and O–H groups in total. The minimum atomic E-state index is -1.38. The van der Waals surface area contributed by atoms with E-state index in [4.69, 9.17) is 5.73 Å². The van der Waals surface area contributed by atoms with Crippen LogP contribution in [0.15, 0.2) is 12.1 Å². The lowest BCUT2D eigenvalue weighted by atomic mass is 9.65.